The molecule has 7 heteroatoms. The number of ether oxygens (including phenoxy) is 1. The Labute approximate surface area is 180 Å². The Morgan fingerprint density at radius 2 is 2.03 bits per heavy atom. The molecule has 1 amide bonds. The second kappa shape index (κ2) is 8.88. The first-order valence-electron chi connectivity index (χ1n) is 10.2. The number of hydrogen-bond donors (Lipinski definition) is 0. The summed E-state index contributed by atoms with van der Waals surface area (Å²) in [6, 6.07) is 13.2. The maximum atomic E-state index is 12.6. The van der Waals surface area contributed by atoms with Crippen molar-refractivity contribution in [2.75, 3.05) is 18.1 Å². The topological polar surface area (TPSA) is 68.5 Å². The van der Waals surface area contributed by atoms with Crippen LogP contribution in [0.2, 0.25) is 5.02 Å². The van der Waals surface area contributed by atoms with Gasteiger partial charge < -0.3 is 14.2 Å². The van der Waals surface area contributed by atoms with Gasteiger partial charge in [-0.05, 0) is 61.4 Å². The summed E-state index contributed by atoms with van der Waals surface area (Å²) in [5.74, 6) is 1.73. The zero-order valence-electron chi connectivity index (χ0n) is 17.1. The van der Waals surface area contributed by atoms with E-state index in [1.54, 1.807) is 11.0 Å². The summed E-state index contributed by atoms with van der Waals surface area (Å²) in [6.07, 6.45) is 2.47. The van der Waals surface area contributed by atoms with Gasteiger partial charge in [-0.1, -0.05) is 30.1 Å². The summed E-state index contributed by atoms with van der Waals surface area (Å²) in [7, 11) is 0. The summed E-state index contributed by atoms with van der Waals surface area (Å²) in [5, 5.41) is 4.77. The average Bonchev–Trinajstić information content (AvgIpc) is 3.36. The molecule has 156 valence electrons. The summed E-state index contributed by atoms with van der Waals surface area (Å²) in [6.45, 7) is 5.30. The number of carbonyl (C=O) groups excluding carboxylic acids is 1. The van der Waals surface area contributed by atoms with Crippen molar-refractivity contribution in [3.05, 3.63) is 58.9 Å². The number of carbonyl (C=O) groups is 1. The summed E-state index contributed by atoms with van der Waals surface area (Å²) < 4.78 is 11.2. The SMILES string of the molecule is CCCCOc1ccc(-c2noc(C3CC(=O)N(c4ccc(Cl)cc4C)C3)n2)cc1. The van der Waals surface area contributed by atoms with Crippen molar-refractivity contribution in [2.45, 2.75) is 39.0 Å². The quantitative estimate of drug-likeness (QED) is 0.474. The average molecular weight is 426 g/mol. The minimum atomic E-state index is -0.134. The lowest BCUT2D eigenvalue weighted by molar-refractivity contribution is -0.117. The highest BCUT2D eigenvalue weighted by atomic mass is 35.5. The van der Waals surface area contributed by atoms with Crippen LogP contribution < -0.4 is 9.64 Å². The van der Waals surface area contributed by atoms with E-state index in [1.807, 2.05) is 43.3 Å². The summed E-state index contributed by atoms with van der Waals surface area (Å²) >= 11 is 6.04. The third-order valence-corrected chi connectivity index (χ3v) is 5.48. The Hall–Kier alpha value is -2.86. The number of nitrogens with zero attached hydrogens (tertiary/aromatic N) is 3. The van der Waals surface area contributed by atoms with Gasteiger partial charge in [-0.3, -0.25) is 4.79 Å². The van der Waals surface area contributed by atoms with Gasteiger partial charge >= 0.3 is 0 Å². The lowest BCUT2D eigenvalue weighted by atomic mass is 10.1. The minimum Gasteiger partial charge on any atom is -0.494 e. The molecule has 0 N–H and O–H groups in total. The van der Waals surface area contributed by atoms with Crippen LogP contribution in [0.5, 0.6) is 5.75 Å². The number of rotatable bonds is 7. The maximum absolute atomic E-state index is 12.6. The number of aromatic nitrogens is 2. The minimum absolute atomic E-state index is 0.0405. The van der Waals surface area contributed by atoms with E-state index in [1.165, 1.54) is 0 Å². The molecule has 1 aliphatic rings. The van der Waals surface area contributed by atoms with Crippen molar-refractivity contribution in [2.24, 2.45) is 0 Å². The number of anilines is 1. The molecule has 2 aromatic carbocycles. The Bertz CT molecular complexity index is 1030. The Kier molecular flexibility index (Phi) is 6.04. The predicted molar refractivity (Wildman–Crippen MR) is 116 cm³/mol. The lowest BCUT2D eigenvalue weighted by Crippen LogP contribution is -2.25. The van der Waals surface area contributed by atoms with Gasteiger partial charge in [0, 0.05) is 29.2 Å². The van der Waals surface area contributed by atoms with Crippen LogP contribution in [0.1, 0.15) is 43.6 Å². The molecular weight excluding hydrogens is 402 g/mol. The lowest BCUT2D eigenvalue weighted by Gasteiger charge is -2.18. The molecule has 6 nitrogen and oxygen atoms in total. The highest BCUT2D eigenvalue weighted by molar-refractivity contribution is 6.30. The predicted octanol–water partition coefficient (Wildman–Crippen LogP) is 5.40. The fourth-order valence-corrected chi connectivity index (χ4v) is 3.81. The first-order valence-corrected chi connectivity index (χ1v) is 10.6. The Morgan fingerprint density at radius 1 is 1.23 bits per heavy atom. The molecular formula is C23H24ClN3O3. The number of benzene rings is 2. The fraction of sp³-hybridized carbons (Fsp3) is 0.348. The molecule has 0 bridgehead atoms. The standard InChI is InChI=1S/C23H24ClN3O3/c1-3-4-11-29-19-8-5-16(6-9-19)22-25-23(30-26-22)17-13-21(28)27(14-17)20-10-7-18(24)12-15(20)2/h5-10,12,17H,3-4,11,13-14H2,1-2H3. The van der Waals surface area contributed by atoms with Gasteiger partial charge in [0.15, 0.2) is 0 Å². The van der Waals surface area contributed by atoms with Crippen LogP contribution in [0.25, 0.3) is 11.4 Å². The largest absolute Gasteiger partial charge is 0.494 e. The van der Waals surface area contributed by atoms with Crippen molar-refractivity contribution in [1.82, 2.24) is 10.1 Å². The van der Waals surface area contributed by atoms with Crippen molar-refractivity contribution in [1.29, 1.82) is 0 Å². The van der Waals surface area contributed by atoms with Gasteiger partial charge in [-0.15, -0.1) is 0 Å². The first kappa shape index (κ1) is 20.4. The van der Waals surface area contributed by atoms with Crippen LogP contribution in [0, 0.1) is 6.92 Å². The molecule has 0 spiro atoms. The second-order valence-electron chi connectivity index (χ2n) is 7.52. The molecule has 1 saturated heterocycles. The third-order valence-electron chi connectivity index (χ3n) is 5.24. The zero-order chi connectivity index (χ0) is 21.1. The fourth-order valence-electron chi connectivity index (χ4n) is 3.58. The molecule has 1 aromatic heterocycles. The monoisotopic (exact) mass is 425 g/mol. The first-order chi connectivity index (χ1) is 14.5. The number of unbranched alkanes of at least 4 members (excludes halogenated alkanes) is 1. The van der Waals surface area contributed by atoms with Gasteiger partial charge in [-0.2, -0.15) is 4.98 Å². The van der Waals surface area contributed by atoms with E-state index < -0.39 is 0 Å². The molecule has 2 heterocycles. The molecule has 4 rings (SSSR count). The zero-order valence-corrected chi connectivity index (χ0v) is 17.9. The van der Waals surface area contributed by atoms with E-state index in [-0.39, 0.29) is 11.8 Å². The van der Waals surface area contributed by atoms with Gasteiger partial charge in [0.25, 0.3) is 0 Å². The van der Waals surface area contributed by atoms with Crippen molar-refractivity contribution in [3.8, 4) is 17.1 Å². The highest BCUT2D eigenvalue weighted by Crippen LogP contribution is 2.34. The van der Waals surface area contributed by atoms with Gasteiger partial charge in [0.1, 0.15) is 5.75 Å². The van der Waals surface area contributed by atoms with E-state index in [0.717, 1.165) is 35.4 Å². The maximum Gasteiger partial charge on any atom is 0.232 e. The Balaban J connectivity index is 1.46. The number of amides is 1. The van der Waals surface area contributed by atoms with Crippen molar-refractivity contribution < 1.29 is 14.1 Å². The summed E-state index contributed by atoms with van der Waals surface area (Å²) in [5.41, 5.74) is 2.68. The molecule has 0 aliphatic carbocycles. The molecule has 1 fully saturated rings. The molecule has 1 unspecified atom stereocenters. The molecule has 0 radical (unpaired) electrons. The van der Waals surface area contributed by atoms with E-state index in [9.17, 15) is 4.79 Å². The van der Waals surface area contributed by atoms with Gasteiger partial charge in [-0.25, -0.2) is 0 Å². The smallest absolute Gasteiger partial charge is 0.232 e. The number of halogens is 1. The third kappa shape index (κ3) is 4.33. The van der Waals surface area contributed by atoms with Crippen molar-refractivity contribution in [3.63, 3.8) is 0 Å². The van der Waals surface area contributed by atoms with Crippen LogP contribution in [0.3, 0.4) is 0 Å². The molecule has 1 aliphatic heterocycles. The van der Waals surface area contributed by atoms with Gasteiger partial charge in [0.2, 0.25) is 17.6 Å². The van der Waals surface area contributed by atoms with E-state index in [0.29, 0.717) is 36.3 Å². The highest BCUT2D eigenvalue weighted by Gasteiger charge is 2.35. The van der Waals surface area contributed by atoms with E-state index in [2.05, 4.69) is 17.1 Å². The molecule has 0 saturated carbocycles. The van der Waals surface area contributed by atoms with Crippen LogP contribution in [0.15, 0.2) is 47.0 Å². The molecule has 30 heavy (non-hydrogen) atoms. The van der Waals surface area contributed by atoms with E-state index in [4.69, 9.17) is 20.9 Å². The van der Waals surface area contributed by atoms with Gasteiger partial charge in [0.05, 0.1) is 12.5 Å². The van der Waals surface area contributed by atoms with Crippen LogP contribution >= 0.6 is 11.6 Å². The number of aryl methyl sites for hydroxylation is 1. The second-order valence-corrected chi connectivity index (χ2v) is 7.96. The molecule has 1 atom stereocenters. The number of hydrogen-bond acceptors (Lipinski definition) is 5. The molecule has 3 aromatic rings. The van der Waals surface area contributed by atoms with Crippen molar-refractivity contribution >= 4 is 23.2 Å². The van der Waals surface area contributed by atoms with Crippen LogP contribution in [0.4, 0.5) is 5.69 Å². The van der Waals surface area contributed by atoms with E-state index >= 15 is 0 Å². The summed E-state index contributed by atoms with van der Waals surface area (Å²) in [4.78, 5) is 18.9. The normalized spacial score (nSPS) is 16.3. The van der Waals surface area contributed by atoms with Crippen LogP contribution in [-0.4, -0.2) is 29.2 Å². The Morgan fingerprint density at radius 3 is 2.77 bits per heavy atom. The van der Waals surface area contributed by atoms with Crippen LogP contribution in [-0.2, 0) is 4.79 Å².